The van der Waals surface area contributed by atoms with E-state index < -0.39 is 6.18 Å². The fourth-order valence-electron chi connectivity index (χ4n) is 5.03. The maximum Gasteiger partial charge on any atom is 0.409 e. The summed E-state index contributed by atoms with van der Waals surface area (Å²) in [7, 11) is 2.10. The molecular formula is C26H34F3N9. The third kappa shape index (κ3) is 6.43. The molecule has 1 saturated carbocycles. The lowest BCUT2D eigenvalue weighted by atomic mass is 9.86. The van der Waals surface area contributed by atoms with E-state index in [1.54, 1.807) is 0 Å². The molecule has 5 rings (SSSR count). The van der Waals surface area contributed by atoms with E-state index in [9.17, 15) is 13.2 Å². The Morgan fingerprint density at radius 1 is 0.974 bits per heavy atom. The van der Waals surface area contributed by atoms with E-state index in [1.165, 1.54) is 6.08 Å². The first-order chi connectivity index (χ1) is 18.2. The largest absolute Gasteiger partial charge is 0.409 e. The zero-order valence-corrected chi connectivity index (χ0v) is 21.5. The van der Waals surface area contributed by atoms with Crippen LogP contribution in [0.5, 0.6) is 0 Å². The number of hydrogen-bond donors (Lipinski definition) is 4. The van der Waals surface area contributed by atoms with Gasteiger partial charge in [-0.1, -0.05) is 43.4 Å². The van der Waals surface area contributed by atoms with Crippen LogP contribution in [0.4, 0.5) is 36.7 Å². The second-order valence-corrected chi connectivity index (χ2v) is 10.3. The van der Waals surface area contributed by atoms with Gasteiger partial charge in [0.05, 0.1) is 6.17 Å². The van der Waals surface area contributed by atoms with Crippen molar-refractivity contribution >= 4 is 23.5 Å². The van der Waals surface area contributed by atoms with E-state index in [0.717, 1.165) is 50.8 Å². The van der Waals surface area contributed by atoms with Crippen LogP contribution in [0.1, 0.15) is 19.8 Å². The van der Waals surface area contributed by atoms with Crippen molar-refractivity contribution in [3.05, 3.63) is 54.6 Å². The van der Waals surface area contributed by atoms with Gasteiger partial charge in [0, 0.05) is 55.3 Å². The molecule has 2 saturated heterocycles. The molecule has 4 N–H and O–H groups in total. The number of nitrogens with zero attached hydrogens (tertiary/aromatic N) is 5. The number of benzene rings is 1. The molecule has 1 aromatic carbocycles. The van der Waals surface area contributed by atoms with Crippen LogP contribution in [0, 0.1) is 11.3 Å². The predicted octanol–water partition coefficient (Wildman–Crippen LogP) is 3.67. The van der Waals surface area contributed by atoms with Crippen molar-refractivity contribution in [1.29, 1.82) is 0 Å². The molecule has 204 valence electrons. The average molecular weight is 530 g/mol. The molecule has 38 heavy (non-hydrogen) atoms. The van der Waals surface area contributed by atoms with Crippen LogP contribution in [-0.4, -0.2) is 71.5 Å². The highest BCUT2D eigenvalue weighted by atomic mass is 19.4. The quantitative estimate of drug-likeness (QED) is 0.382. The summed E-state index contributed by atoms with van der Waals surface area (Å²) in [5, 5.41) is 6.70. The molecule has 2 aliphatic heterocycles. The smallest absolute Gasteiger partial charge is 0.338 e. The molecule has 9 nitrogen and oxygen atoms in total. The molecule has 1 aromatic heterocycles. The predicted molar refractivity (Wildman–Crippen MR) is 142 cm³/mol. The van der Waals surface area contributed by atoms with Gasteiger partial charge in [0.25, 0.3) is 0 Å². The number of para-hydroxylation sites is 1. The van der Waals surface area contributed by atoms with E-state index in [0.29, 0.717) is 17.8 Å². The van der Waals surface area contributed by atoms with Gasteiger partial charge in [-0.2, -0.15) is 28.1 Å². The number of allylic oxidation sites excluding steroid dienone is 3. The van der Waals surface area contributed by atoms with Gasteiger partial charge in [-0.25, -0.2) is 5.43 Å². The van der Waals surface area contributed by atoms with Crippen molar-refractivity contribution in [2.45, 2.75) is 38.1 Å². The third-order valence-electron chi connectivity index (χ3n) is 7.44. The van der Waals surface area contributed by atoms with Gasteiger partial charge in [0.2, 0.25) is 17.8 Å². The van der Waals surface area contributed by atoms with E-state index in [4.69, 9.17) is 9.97 Å². The lowest BCUT2D eigenvalue weighted by Crippen LogP contribution is -2.45. The highest BCUT2D eigenvalue weighted by Crippen LogP contribution is 2.53. The Morgan fingerprint density at radius 2 is 1.68 bits per heavy atom. The van der Waals surface area contributed by atoms with Crippen molar-refractivity contribution in [3.63, 3.8) is 0 Å². The number of alkyl halides is 3. The van der Waals surface area contributed by atoms with Crippen LogP contribution in [-0.2, 0) is 0 Å². The zero-order chi connectivity index (χ0) is 26.8. The number of likely N-dealkylation sites (N-methyl/N-ethyl adjacent to an activating group) is 1. The number of aromatic nitrogens is 3. The molecule has 3 unspecified atom stereocenters. The SMILES string of the molecule is CC1C(Nc2nc(Nc3ccccc3)nc(N3CCN(C)CC3)n2)NNC1C1(/C=C\C=C\C(F)(F)F)CC1. The fourth-order valence-corrected chi connectivity index (χ4v) is 5.03. The van der Waals surface area contributed by atoms with E-state index >= 15 is 0 Å². The molecule has 0 amide bonds. The average Bonchev–Trinajstić information content (AvgIpc) is 3.58. The van der Waals surface area contributed by atoms with Crippen LogP contribution in [0.3, 0.4) is 0 Å². The number of halogens is 3. The first-order valence-corrected chi connectivity index (χ1v) is 12.9. The summed E-state index contributed by atoms with van der Waals surface area (Å²) in [5.41, 5.74) is 7.37. The van der Waals surface area contributed by atoms with E-state index in [2.05, 4.69) is 50.2 Å². The molecule has 12 heteroatoms. The molecule has 3 fully saturated rings. The molecule has 3 heterocycles. The fraction of sp³-hybridized carbons (Fsp3) is 0.500. The Balaban J connectivity index is 1.31. The Kier molecular flexibility index (Phi) is 7.55. The van der Waals surface area contributed by atoms with E-state index in [-0.39, 0.29) is 29.6 Å². The minimum Gasteiger partial charge on any atom is -0.338 e. The van der Waals surface area contributed by atoms with Gasteiger partial charge in [-0.15, -0.1) is 0 Å². The van der Waals surface area contributed by atoms with E-state index in [1.807, 2.05) is 36.4 Å². The van der Waals surface area contributed by atoms with Gasteiger partial charge in [0.15, 0.2) is 0 Å². The second-order valence-electron chi connectivity index (χ2n) is 10.3. The Bertz CT molecular complexity index is 1140. The van der Waals surface area contributed by atoms with Gasteiger partial charge in [-0.05, 0) is 32.0 Å². The van der Waals surface area contributed by atoms with Crippen molar-refractivity contribution in [2.24, 2.45) is 11.3 Å². The van der Waals surface area contributed by atoms with Crippen LogP contribution in [0.15, 0.2) is 54.6 Å². The third-order valence-corrected chi connectivity index (χ3v) is 7.44. The normalized spacial score (nSPS) is 25.8. The number of hydrogen-bond acceptors (Lipinski definition) is 9. The van der Waals surface area contributed by atoms with Gasteiger partial charge >= 0.3 is 6.18 Å². The van der Waals surface area contributed by atoms with Crippen LogP contribution in [0.2, 0.25) is 0 Å². The summed E-state index contributed by atoms with van der Waals surface area (Å²) in [4.78, 5) is 18.5. The Morgan fingerprint density at radius 3 is 2.37 bits per heavy atom. The molecule has 0 spiro atoms. The van der Waals surface area contributed by atoms with Crippen molar-refractivity contribution in [2.75, 3.05) is 48.8 Å². The number of nitrogens with one attached hydrogen (secondary N) is 4. The van der Waals surface area contributed by atoms with Crippen molar-refractivity contribution < 1.29 is 13.2 Å². The molecule has 2 aromatic rings. The molecule has 0 bridgehead atoms. The van der Waals surface area contributed by atoms with Crippen LogP contribution < -0.4 is 26.4 Å². The zero-order valence-electron chi connectivity index (χ0n) is 21.5. The summed E-state index contributed by atoms with van der Waals surface area (Å²) in [6.45, 7) is 5.61. The summed E-state index contributed by atoms with van der Waals surface area (Å²) in [6.07, 6.45) is 2.08. The van der Waals surface area contributed by atoms with Crippen LogP contribution >= 0.6 is 0 Å². The summed E-state index contributed by atoms with van der Waals surface area (Å²) in [6, 6.07) is 9.80. The van der Waals surface area contributed by atoms with Gasteiger partial charge < -0.3 is 20.4 Å². The number of hydrazine groups is 1. The standard InChI is InChI=1S/C26H34F3N9/c1-18-20(25(12-13-25)10-6-7-11-26(27,28)29)35-36-21(18)31-23-32-22(30-19-8-4-3-5-9-19)33-24(34-23)38-16-14-37(2)15-17-38/h3-11,18,20-21,35-36H,12-17H2,1-2H3,(H2,30,31,32,33,34)/b10-6-,11-7+. The lowest BCUT2D eigenvalue weighted by molar-refractivity contribution is -0.0798. The summed E-state index contributed by atoms with van der Waals surface area (Å²) >= 11 is 0. The topological polar surface area (TPSA) is 93.3 Å². The van der Waals surface area contributed by atoms with Gasteiger partial charge in [0.1, 0.15) is 0 Å². The number of anilines is 4. The second kappa shape index (κ2) is 10.9. The summed E-state index contributed by atoms with van der Waals surface area (Å²) < 4.78 is 37.4. The maximum atomic E-state index is 12.5. The highest BCUT2D eigenvalue weighted by molar-refractivity contribution is 5.56. The first kappa shape index (κ1) is 26.4. The number of rotatable bonds is 8. The summed E-state index contributed by atoms with van der Waals surface area (Å²) in [5.74, 6) is 1.63. The van der Waals surface area contributed by atoms with Crippen molar-refractivity contribution in [3.8, 4) is 0 Å². The Labute approximate surface area is 220 Å². The minimum atomic E-state index is -4.31. The molecule has 0 radical (unpaired) electrons. The molecule has 3 aliphatic rings. The molecular weight excluding hydrogens is 495 g/mol. The highest BCUT2D eigenvalue weighted by Gasteiger charge is 2.53. The number of piperazine rings is 1. The molecule has 3 atom stereocenters. The maximum absolute atomic E-state index is 12.5. The monoisotopic (exact) mass is 529 g/mol. The molecule has 1 aliphatic carbocycles. The minimum absolute atomic E-state index is 0.0522. The Hall–Kier alpha value is -3.22. The lowest BCUT2D eigenvalue weighted by Gasteiger charge is -2.32. The van der Waals surface area contributed by atoms with Gasteiger partial charge in [-0.3, -0.25) is 5.43 Å². The first-order valence-electron chi connectivity index (χ1n) is 12.9. The van der Waals surface area contributed by atoms with Crippen LogP contribution in [0.25, 0.3) is 0 Å². The van der Waals surface area contributed by atoms with Crippen molar-refractivity contribution in [1.82, 2.24) is 30.7 Å².